The maximum Gasteiger partial charge on any atom is 0.0825 e. The molecule has 0 amide bonds. The molecule has 0 fully saturated rings. The summed E-state index contributed by atoms with van der Waals surface area (Å²) in [6.07, 6.45) is 1.03. The van der Waals surface area contributed by atoms with Crippen molar-refractivity contribution in [3.8, 4) is 0 Å². The Morgan fingerprint density at radius 2 is 1.94 bits per heavy atom. The molecule has 0 bridgehead atoms. The molecule has 3 heteroatoms. The van der Waals surface area contributed by atoms with E-state index in [1.165, 1.54) is 5.56 Å². The molecule has 1 heterocycles. The molecule has 3 nitrogen and oxygen atoms in total. The van der Waals surface area contributed by atoms with Crippen LogP contribution in [0, 0.1) is 13.8 Å². The molecule has 1 aromatic heterocycles. The van der Waals surface area contributed by atoms with Crippen LogP contribution in [0.5, 0.6) is 0 Å². The van der Waals surface area contributed by atoms with Gasteiger partial charge in [-0.05, 0) is 25.8 Å². The van der Waals surface area contributed by atoms with E-state index in [-0.39, 0.29) is 0 Å². The third kappa shape index (κ3) is 2.42. The Morgan fingerprint density at radius 1 is 1.19 bits per heavy atom. The molecule has 16 heavy (non-hydrogen) atoms. The maximum atomic E-state index is 4.15. The fourth-order valence-electron chi connectivity index (χ4n) is 1.79. The molecular weight excluding hydrogens is 198 g/mol. The fourth-order valence-corrected chi connectivity index (χ4v) is 1.79. The minimum atomic E-state index is 0.936. The third-order valence-corrected chi connectivity index (χ3v) is 2.69. The van der Waals surface area contributed by atoms with Crippen molar-refractivity contribution in [3.05, 3.63) is 47.3 Å². The Morgan fingerprint density at radius 3 is 2.56 bits per heavy atom. The summed E-state index contributed by atoms with van der Waals surface area (Å²) in [5.41, 5.74) is 4.63. The summed E-state index contributed by atoms with van der Waals surface area (Å²) >= 11 is 0. The highest BCUT2D eigenvalue weighted by Gasteiger charge is 2.04. The Bertz CT molecular complexity index is 426. The second-order valence-electron chi connectivity index (χ2n) is 3.97. The number of H-pyrrole nitrogens is 1. The third-order valence-electron chi connectivity index (χ3n) is 2.69. The molecule has 0 spiro atoms. The van der Waals surface area contributed by atoms with Crippen LogP contribution in [0.25, 0.3) is 0 Å². The van der Waals surface area contributed by atoms with Crippen LogP contribution in [0.1, 0.15) is 17.0 Å². The van der Waals surface area contributed by atoms with Crippen LogP contribution in [0.4, 0.5) is 5.69 Å². The number of aromatic amines is 1. The van der Waals surface area contributed by atoms with Gasteiger partial charge < -0.3 is 5.32 Å². The lowest BCUT2D eigenvalue weighted by molar-refractivity contribution is 1.01. The number of benzene rings is 1. The van der Waals surface area contributed by atoms with Gasteiger partial charge in [-0.15, -0.1) is 0 Å². The lowest BCUT2D eigenvalue weighted by Gasteiger charge is -2.06. The van der Waals surface area contributed by atoms with E-state index < -0.39 is 0 Å². The summed E-state index contributed by atoms with van der Waals surface area (Å²) in [5, 5.41) is 10.5. The first kappa shape index (κ1) is 10.7. The number of aryl methyl sites for hydroxylation is 2. The number of nitrogens with zero attached hydrogens (tertiary/aromatic N) is 1. The van der Waals surface area contributed by atoms with Crippen LogP contribution in [-0.4, -0.2) is 16.7 Å². The standard InChI is InChI=1S/C13H17N3/c1-10-13(11(2)16-15-10)14-9-8-12-6-4-3-5-7-12/h3-7,14H,8-9H2,1-2H3,(H,15,16). The predicted octanol–water partition coefficient (Wildman–Crippen LogP) is 2.68. The number of anilines is 1. The Hall–Kier alpha value is -1.77. The van der Waals surface area contributed by atoms with E-state index in [0.29, 0.717) is 0 Å². The molecule has 2 aromatic rings. The molecule has 0 saturated carbocycles. The molecule has 2 N–H and O–H groups in total. The van der Waals surface area contributed by atoms with Gasteiger partial charge in [-0.2, -0.15) is 5.10 Å². The topological polar surface area (TPSA) is 40.7 Å². The smallest absolute Gasteiger partial charge is 0.0825 e. The average molecular weight is 215 g/mol. The Balaban J connectivity index is 1.89. The summed E-state index contributed by atoms with van der Waals surface area (Å²) in [6, 6.07) is 10.5. The normalized spacial score (nSPS) is 10.4. The molecule has 0 aliphatic carbocycles. The largest absolute Gasteiger partial charge is 0.382 e. The van der Waals surface area contributed by atoms with E-state index in [1.807, 2.05) is 19.9 Å². The molecule has 2 rings (SSSR count). The molecule has 0 atom stereocenters. The van der Waals surface area contributed by atoms with Crippen molar-refractivity contribution in [2.45, 2.75) is 20.3 Å². The Labute approximate surface area is 95.9 Å². The second-order valence-corrected chi connectivity index (χ2v) is 3.97. The van der Waals surface area contributed by atoms with Gasteiger partial charge in [0, 0.05) is 6.54 Å². The molecular formula is C13H17N3. The Kier molecular flexibility index (Phi) is 3.25. The van der Waals surface area contributed by atoms with Crippen LogP contribution in [0.15, 0.2) is 30.3 Å². The van der Waals surface area contributed by atoms with Crippen molar-refractivity contribution >= 4 is 5.69 Å². The second kappa shape index (κ2) is 4.84. The van der Waals surface area contributed by atoms with Gasteiger partial charge >= 0.3 is 0 Å². The first-order valence-corrected chi connectivity index (χ1v) is 5.57. The van der Waals surface area contributed by atoms with Gasteiger partial charge in [0.1, 0.15) is 0 Å². The summed E-state index contributed by atoms with van der Waals surface area (Å²) in [5.74, 6) is 0. The zero-order chi connectivity index (χ0) is 11.4. The number of nitrogens with one attached hydrogen (secondary N) is 2. The maximum absolute atomic E-state index is 4.15. The molecule has 0 aliphatic heterocycles. The predicted molar refractivity (Wildman–Crippen MR) is 66.7 cm³/mol. The highest BCUT2D eigenvalue weighted by molar-refractivity contribution is 5.51. The van der Waals surface area contributed by atoms with Crippen molar-refractivity contribution in [1.82, 2.24) is 10.2 Å². The summed E-state index contributed by atoms with van der Waals surface area (Å²) < 4.78 is 0. The van der Waals surface area contributed by atoms with E-state index in [1.54, 1.807) is 0 Å². The summed E-state index contributed by atoms with van der Waals surface area (Å²) in [4.78, 5) is 0. The van der Waals surface area contributed by atoms with E-state index in [2.05, 4.69) is 39.8 Å². The minimum Gasteiger partial charge on any atom is -0.382 e. The van der Waals surface area contributed by atoms with Crippen molar-refractivity contribution in [2.75, 3.05) is 11.9 Å². The van der Waals surface area contributed by atoms with Gasteiger partial charge in [0.15, 0.2) is 0 Å². The molecule has 0 aliphatic rings. The van der Waals surface area contributed by atoms with Crippen LogP contribution < -0.4 is 5.32 Å². The van der Waals surface area contributed by atoms with E-state index >= 15 is 0 Å². The van der Waals surface area contributed by atoms with Crippen molar-refractivity contribution in [2.24, 2.45) is 0 Å². The van der Waals surface area contributed by atoms with Crippen molar-refractivity contribution in [1.29, 1.82) is 0 Å². The molecule has 0 unspecified atom stereocenters. The van der Waals surface area contributed by atoms with Gasteiger partial charge in [-0.25, -0.2) is 0 Å². The lowest BCUT2D eigenvalue weighted by atomic mass is 10.1. The molecule has 0 saturated heterocycles. The van der Waals surface area contributed by atoms with Gasteiger partial charge in [-0.1, -0.05) is 30.3 Å². The summed E-state index contributed by atoms with van der Waals surface area (Å²) in [7, 11) is 0. The van der Waals surface area contributed by atoms with Crippen LogP contribution in [0.2, 0.25) is 0 Å². The highest BCUT2D eigenvalue weighted by atomic mass is 15.1. The quantitative estimate of drug-likeness (QED) is 0.823. The number of hydrogen-bond acceptors (Lipinski definition) is 2. The minimum absolute atomic E-state index is 0.936. The molecule has 84 valence electrons. The van der Waals surface area contributed by atoms with Crippen molar-refractivity contribution in [3.63, 3.8) is 0 Å². The first-order valence-electron chi connectivity index (χ1n) is 5.57. The summed E-state index contributed by atoms with van der Waals surface area (Å²) in [6.45, 7) is 4.98. The number of hydrogen-bond donors (Lipinski definition) is 2. The van der Waals surface area contributed by atoms with Gasteiger partial charge in [0.05, 0.1) is 17.1 Å². The number of rotatable bonds is 4. The average Bonchev–Trinajstić information content (AvgIpc) is 2.62. The number of aromatic nitrogens is 2. The van der Waals surface area contributed by atoms with Crippen LogP contribution >= 0.6 is 0 Å². The molecule has 1 aromatic carbocycles. The monoisotopic (exact) mass is 215 g/mol. The first-order chi connectivity index (χ1) is 7.77. The van der Waals surface area contributed by atoms with Gasteiger partial charge in [-0.3, -0.25) is 5.10 Å². The zero-order valence-corrected chi connectivity index (χ0v) is 9.75. The van der Waals surface area contributed by atoms with Gasteiger partial charge in [0.25, 0.3) is 0 Å². The van der Waals surface area contributed by atoms with E-state index in [4.69, 9.17) is 0 Å². The lowest BCUT2D eigenvalue weighted by Crippen LogP contribution is -2.06. The van der Waals surface area contributed by atoms with Crippen LogP contribution in [0.3, 0.4) is 0 Å². The van der Waals surface area contributed by atoms with Crippen LogP contribution in [-0.2, 0) is 6.42 Å². The van der Waals surface area contributed by atoms with Crippen molar-refractivity contribution < 1.29 is 0 Å². The van der Waals surface area contributed by atoms with Gasteiger partial charge in [0.2, 0.25) is 0 Å². The fraction of sp³-hybridized carbons (Fsp3) is 0.308. The zero-order valence-electron chi connectivity index (χ0n) is 9.75. The van der Waals surface area contributed by atoms with E-state index in [9.17, 15) is 0 Å². The SMILES string of the molecule is Cc1n[nH]c(C)c1NCCc1ccccc1. The van der Waals surface area contributed by atoms with E-state index in [0.717, 1.165) is 30.0 Å². The molecule has 0 radical (unpaired) electrons. The highest BCUT2D eigenvalue weighted by Crippen LogP contribution is 2.15.